The lowest BCUT2D eigenvalue weighted by Crippen LogP contribution is -2.42. The van der Waals surface area contributed by atoms with Crippen LogP contribution >= 0.6 is 0 Å². The number of carboxylic acid groups (broad SMARTS) is 1. The number of hydrogen-bond acceptors (Lipinski definition) is 3. The van der Waals surface area contributed by atoms with E-state index in [0.717, 1.165) is 6.42 Å². The average molecular weight is 270 g/mol. The van der Waals surface area contributed by atoms with Crippen LogP contribution in [0.25, 0.3) is 0 Å². The fourth-order valence-electron chi connectivity index (χ4n) is 1.30. The van der Waals surface area contributed by atoms with Crippen molar-refractivity contribution in [3.8, 4) is 0 Å². The Balaban J connectivity index is 4.62. The van der Waals surface area contributed by atoms with E-state index in [1.165, 1.54) is 18.7 Å². The van der Waals surface area contributed by atoms with E-state index in [-0.39, 0.29) is 11.1 Å². The molecule has 0 saturated carbocycles. The first-order chi connectivity index (χ1) is 8.70. The third kappa shape index (κ3) is 5.54. The minimum Gasteiger partial charge on any atom is -0.478 e. The maximum absolute atomic E-state index is 11.7. The smallest absolute Gasteiger partial charge is 0.331 e. The number of hydrogen-bond donors (Lipinski definition) is 2. The van der Waals surface area contributed by atoms with Crippen LogP contribution in [0.15, 0.2) is 11.1 Å². The van der Waals surface area contributed by atoms with Crippen LogP contribution in [0.1, 0.15) is 34.1 Å². The summed E-state index contributed by atoms with van der Waals surface area (Å²) in [5.74, 6) is -1.52. The zero-order valence-electron chi connectivity index (χ0n) is 12.1. The summed E-state index contributed by atoms with van der Waals surface area (Å²) < 4.78 is 0. The van der Waals surface area contributed by atoms with Crippen LogP contribution in [-0.4, -0.2) is 41.5 Å². The number of aliphatic carboxylic acids is 1. The van der Waals surface area contributed by atoms with Gasteiger partial charge in [0.25, 0.3) is 5.91 Å². The van der Waals surface area contributed by atoms with Gasteiger partial charge in [-0.2, -0.15) is 0 Å². The maximum Gasteiger partial charge on any atom is 0.331 e. The molecule has 0 bridgehead atoms. The minimum atomic E-state index is -1.17. The Hall–Kier alpha value is -1.85. The van der Waals surface area contributed by atoms with Gasteiger partial charge in [0.2, 0.25) is 0 Å². The van der Waals surface area contributed by atoms with Crippen molar-refractivity contribution in [2.45, 2.75) is 34.1 Å². The zero-order chi connectivity index (χ0) is 15.2. The van der Waals surface area contributed by atoms with E-state index in [4.69, 9.17) is 5.11 Å². The van der Waals surface area contributed by atoms with Crippen molar-refractivity contribution in [3.63, 3.8) is 0 Å². The molecule has 0 aliphatic rings. The number of carbonyl (C=O) groups is 3. The summed E-state index contributed by atoms with van der Waals surface area (Å²) in [6, 6.07) is -0.525. The van der Waals surface area contributed by atoms with Crippen molar-refractivity contribution in [1.29, 1.82) is 0 Å². The van der Waals surface area contributed by atoms with Gasteiger partial charge in [-0.05, 0) is 19.8 Å². The van der Waals surface area contributed by atoms with Crippen LogP contribution in [-0.2, 0) is 9.59 Å². The topological polar surface area (TPSA) is 86.7 Å². The van der Waals surface area contributed by atoms with Crippen LogP contribution in [0.2, 0.25) is 0 Å². The molecule has 0 spiro atoms. The molecule has 6 heteroatoms. The molecule has 1 unspecified atom stereocenters. The summed E-state index contributed by atoms with van der Waals surface area (Å²) in [6.45, 7) is 7.26. The monoisotopic (exact) mass is 270 g/mol. The fraction of sp³-hybridized carbons (Fsp3) is 0.615. The Morgan fingerprint density at radius 2 is 1.74 bits per heavy atom. The molecule has 1 atom stereocenters. The van der Waals surface area contributed by atoms with Gasteiger partial charge in [-0.25, -0.2) is 9.59 Å². The highest BCUT2D eigenvalue weighted by molar-refractivity contribution is 6.07. The molecule has 0 aromatic carbocycles. The molecule has 0 saturated heterocycles. The molecule has 0 aromatic heterocycles. The Morgan fingerprint density at radius 1 is 1.21 bits per heavy atom. The van der Waals surface area contributed by atoms with Gasteiger partial charge >= 0.3 is 12.0 Å². The van der Waals surface area contributed by atoms with E-state index in [1.807, 2.05) is 13.8 Å². The van der Waals surface area contributed by atoms with Gasteiger partial charge in [-0.1, -0.05) is 20.3 Å². The number of nitrogens with zero attached hydrogens (tertiary/aromatic N) is 1. The van der Waals surface area contributed by atoms with Crippen molar-refractivity contribution in [1.82, 2.24) is 10.2 Å². The van der Waals surface area contributed by atoms with Crippen LogP contribution in [0.4, 0.5) is 4.79 Å². The summed E-state index contributed by atoms with van der Waals surface area (Å²) in [5.41, 5.74) is -0.0485. The Kier molecular flexibility index (Phi) is 6.82. The molecule has 0 radical (unpaired) electrons. The quantitative estimate of drug-likeness (QED) is 0.743. The van der Waals surface area contributed by atoms with E-state index in [0.29, 0.717) is 12.5 Å². The van der Waals surface area contributed by atoms with Crippen LogP contribution in [0.3, 0.4) is 0 Å². The fourth-order valence-corrected chi connectivity index (χ4v) is 1.30. The van der Waals surface area contributed by atoms with Gasteiger partial charge in [0.05, 0.1) is 0 Å². The summed E-state index contributed by atoms with van der Waals surface area (Å²) in [6.07, 6.45) is 0.933. The number of amides is 3. The van der Waals surface area contributed by atoms with Crippen molar-refractivity contribution in [3.05, 3.63) is 11.1 Å². The standard InChI is InChI=1S/C13H22N2O4/c1-6-8(2)7-15(5)13(19)14-11(16)9(3)10(4)12(17)18/h8H,6-7H2,1-5H3,(H,17,18)(H,14,16,19). The Morgan fingerprint density at radius 3 is 2.16 bits per heavy atom. The molecule has 6 nitrogen and oxygen atoms in total. The second kappa shape index (κ2) is 7.56. The zero-order valence-corrected chi connectivity index (χ0v) is 12.1. The third-order valence-electron chi connectivity index (χ3n) is 3.07. The van der Waals surface area contributed by atoms with Gasteiger partial charge in [0, 0.05) is 24.7 Å². The SMILES string of the molecule is CCC(C)CN(C)C(=O)NC(=O)C(C)=C(C)C(=O)O. The molecule has 19 heavy (non-hydrogen) atoms. The van der Waals surface area contributed by atoms with Gasteiger partial charge in [0.1, 0.15) is 0 Å². The predicted molar refractivity (Wildman–Crippen MR) is 71.6 cm³/mol. The first-order valence-electron chi connectivity index (χ1n) is 6.17. The molecule has 0 aliphatic carbocycles. The molecule has 0 rings (SSSR count). The van der Waals surface area contributed by atoms with Gasteiger partial charge in [-0.15, -0.1) is 0 Å². The van der Waals surface area contributed by atoms with Gasteiger partial charge in [0.15, 0.2) is 0 Å². The Labute approximate surface area is 113 Å². The second-order valence-corrected chi connectivity index (χ2v) is 4.71. The lowest BCUT2D eigenvalue weighted by Gasteiger charge is -2.20. The molecular weight excluding hydrogens is 248 g/mol. The van der Waals surface area contributed by atoms with Gasteiger partial charge < -0.3 is 10.0 Å². The largest absolute Gasteiger partial charge is 0.478 e. The number of carbonyl (C=O) groups excluding carboxylic acids is 2. The minimum absolute atomic E-state index is 0.0257. The van der Waals surface area contributed by atoms with Crippen molar-refractivity contribution < 1.29 is 19.5 Å². The third-order valence-corrected chi connectivity index (χ3v) is 3.07. The number of imide groups is 1. The number of carboxylic acids is 1. The first kappa shape index (κ1) is 17.2. The summed E-state index contributed by atoms with van der Waals surface area (Å²) >= 11 is 0. The van der Waals surface area contributed by atoms with Crippen molar-refractivity contribution in [2.75, 3.05) is 13.6 Å². The molecule has 0 heterocycles. The van der Waals surface area contributed by atoms with Crippen LogP contribution in [0, 0.1) is 5.92 Å². The lowest BCUT2D eigenvalue weighted by atomic mass is 10.1. The van der Waals surface area contributed by atoms with Crippen molar-refractivity contribution >= 4 is 17.9 Å². The Bertz CT molecular complexity index is 401. The van der Waals surface area contributed by atoms with E-state index in [9.17, 15) is 14.4 Å². The second-order valence-electron chi connectivity index (χ2n) is 4.71. The molecule has 3 amide bonds. The van der Waals surface area contributed by atoms with Crippen LogP contribution in [0.5, 0.6) is 0 Å². The predicted octanol–water partition coefficient (Wildman–Crippen LogP) is 1.62. The summed E-state index contributed by atoms with van der Waals surface area (Å²) in [7, 11) is 1.60. The number of rotatable bonds is 5. The first-order valence-corrected chi connectivity index (χ1v) is 6.17. The maximum atomic E-state index is 11.7. The van der Waals surface area contributed by atoms with E-state index in [2.05, 4.69) is 5.32 Å². The van der Waals surface area contributed by atoms with Crippen LogP contribution < -0.4 is 5.32 Å². The van der Waals surface area contributed by atoms with E-state index < -0.39 is 17.9 Å². The summed E-state index contributed by atoms with van der Waals surface area (Å²) in [5, 5.41) is 10.9. The molecular formula is C13H22N2O4. The molecule has 2 N–H and O–H groups in total. The van der Waals surface area contributed by atoms with E-state index in [1.54, 1.807) is 7.05 Å². The average Bonchev–Trinajstić information content (AvgIpc) is 2.35. The van der Waals surface area contributed by atoms with Crippen molar-refractivity contribution in [2.24, 2.45) is 5.92 Å². The molecule has 0 fully saturated rings. The highest BCUT2D eigenvalue weighted by Gasteiger charge is 2.18. The van der Waals surface area contributed by atoms with Gasteiger partial charge in [-0.3, -0.25) is 10.1 Å². The highest BCUT2D eigenvalue weighted by Crippen LogP contribution is 2.05. The number of nitrogens with one attached hydrogen (secondary N) is 1. The number of urea groups is 1. The van der Waals surface area contributed by atoms with E-state index >= 15 is 0 Å². The summed E-state index contributed by atoms with van der Waals surface area (Å²) in [4.78, 5) is 35.5. The highest BCUT2D eigenvalue weighted by atomic mass is 16.4. The molecule has 108 valence electrons. The molecule has 0 aromatic rings. The lowest BCUT2D eigenvalue weighted by molar-refractivity contribution is -0.133. The molecule has 0 aliphatic heterocycles. The normalized spacial score (nSPS) is 13.3.